The van der Waals surface area contributed by atoms with E-state index in [0.29, 0.717) is 47.4 Å². The number of benzene rings is 1. The van der Waals surface area contributed by atoms with Gasteiger partial charge in [-0.25, -0.2) is 4.98 Å². The molecule has 2 amide bonds. The van der Waals surface area contributed by atoms with Crippen LogP contribution in [0.4, 0.5) is 23.1 Å². The van der Waals surface area contributed by atoms with Gasteiger partial charge in [0.2, 0.25) is 11.9 Å². The lowest BCUT2D eigenvalue weighted by Gasteiger charge is -2.36. The Morgan fingerprint density at radius 1 is 1.14 bits per heavy atom. The summed E-state index contributed by atoms with van der Waals surface area (Å²) < 4.78 is 5.58. The molecule has 2 aliphatic rings. The second-order valence-electron chi connectivity index (χ2n) is 10.5. The first-order valence-corrected chi connectivity index (χ1v) is 12.4. The Hall–Kier alpha value is -3.40. The van der Waals surface area contributed by atoms with Crippen LogP contribution < -0.4 is 25.2 Å². The minimum Gasteiger partial charge on any atom is -0.495 e. The Balaban J connectivity index is 1.56. The van der Waals surface area contributed by atoms with Crippen LogP contribution in [0.25, 0.3) is 0 Å². The van der Waals surface area contributed by atoms with E-state index >= 15 is 0 Å². The lowest BCUT2D eigenvalue weighted by Crippen LogP contribution is -2.43. The summed E-state index contributed by atoms with van der Waals surface area (Å²) in [7, 11) is 5.42. The monoisotopic (exact) mass is 495 g/mol. The van der Waals surface area contributed by atoms with Gasteiger partial charge in [-0.15, -0.1) is 0 Å². The highest BCUT2D eigenvalue weighted by Crippen LogP contribution is 2.36. The van der Waals surface area contributed by atoms with Crippen molar-refractivity contribution < 1.29 is 14.3 Å². The summed E-state index contributed by atoms with van der Waals surface area (Å²) in [4.78, 5) is 40.6. The van der Waals surface area contributed by atoms with Crippen molar-refractivity contribution in [2.45, 2.75) is 51.6 Å². The third kappa shape index (κ3) is 5.53. The number of likely N-dealkylation sites (tertiary alicyclic amines) is 1. The molecule has 2 aromatic rings. The van der Waals surface area contributed by atoms with Gasteiger partial charge in [0.1, 0.15) is 11.4 Å². The van der Waals surface area contributed by atoms with E-state index in [-0.39, 0.29) is 23.4 Å². The first-order valence-electron chi connectivity index (χ1n) is 12.4. The summed E-state index contributed by atoms with van der Waals surface area (Å²) >= 11 is 0. The summed E-state index contributed by atoms with van der Waals surface area (Å²) in [6.45, 7) is 8.82. The molecule has 2 aliphatic heterocycles. The molecule has 36 heavy (non-hydrogen) atoms. The molecule has 10 nitrogen and oxygen atoms in total. The number of piperidine rings is 1. The third-order valence-electron chi connectivity index (χ3n) is 6.86. The Morgan fingerprint density at radius 2 is 1.86 bits per heavy atom. The van der Waals surface area contributed by atoms with E-state index in [9.17, 15) is 9.59 Å². The number of hydrogen-bond acceptors (Lipinski definition) is 8. The molecule has 0 atom stereocenters. The summed E-state index contributed by atoms with van der Waals surface area (Å²) in [5.41, 5.74) is 1.63. The standard InChI is InChI=1S/C26H37N7O3/c1-26(2,3)33-14-11-22(34)32(5)20-16-27-25(30-23(20)33)29-19-8-7-17(15-21(19)36-6)24(35)28-18-9-12-31(4)13-10-18/h7-8,15-16,18H,9-14H2,1-6H3,(H,28,35)(H,27,29,30). The van der Waals surface area contributed by atoms with E-state index in [1.165, 1.54) is 0 Å². The van der Waals surface area contributed by atoms with Crippen LogP contribution in [0, 0.1) is 0 Å². The molecule has 0 radical (unpaired) electrons. The van der Waals surface area contributed by atoms with Gasteiger partial charge in [0.25, 0.3) is 5.91 Å². The van der Waals surface area contributed by atoms with Crippen molar-refractivity contribution in [3.8, 4) is 5.75 Å². The molecular weight excluding hydrogens is 458 g/mol. The highest BCUT2D eigenvalue weighted by atomic mass is 16.5. The van der Waals surface area contributed by atoms with Gasteiger partial charge in [-0.3, -0.25) is 9.59 Å². The summed E-state index contributed by atoms with van der Waals surface area (Å²) in [5, 5.41) is 6.37. The molecule has 1 saturated heterocycles. The fourth-order valence-corrected chi connectivity index (χ4v) is 4.61. The number of ether oxygens (including phenoxy) is 1. The number of fused-ring (bicyclic) bond motifs is 1. The van der Waals surface area contributed by atoms with Crippen molar-refractivity contribution >= 4 is 35.0 Å². The Morgan fingerprint density at radius 3 is 2.53 bits per heavy atom. The molecule has 4 rings (SSSR count). The van der Waals surface area contributed by atoms with E-state index in [0.717, 1.165) is 25.9 Å². The molecule has 3 heterocycles. The van der Waals surface area contributed by atoms with Crippen molar-refractivity contribution in [3.63, 3.8) is 0 Å². The maximum absolute atomic E-state index is 12.8. The summed E-state index contributed by atoms with van der Waals surface area (Å²) in [5.74, 6) is 1.52. The number of carbonyl (C=O) groups is 2. The van der Waals surface area contributed by atoms with Crippen LogP contribution in [-0.2, 0) is 4.79 Å². The molecule has 1 aromatic heterocycles. The minimum absolute atomic E-state index is 0.0306. The Labute approximate surface area is 213 Å². The second-order valence-corrected chi connectivity index (χ2v) is 10.5. The van der Waals surface area contributed by atoms with E-state index in [4.69, 9.17) is 9.72 Å². The first-order chi connectivity index (χ1) is 17.1. The van der Waals surface area contributed by atoms with Crippen molar-refractivity contribution in [1.82, 2.24) is 20.2 Å². The van der Waals surface area contributed by atoms with Gasteiger partial charge in [-0.05, 0) is 71.9 Å². The topological polar surface area (TPSA) is 103 Å². The number of anilines is 4. The van der Waals surface area contributed by atoms with E-state index in [1.807, 2.05) is 0 Å². The zero-order chi connectivity index (χ0) is 26.0. The van der Waals surface area contributed by atoms with Crippen molar-refractivity contribution in [2.75, 3.05) is 56.0 Å². The molecule has 0 aliphatic carbocycles. The fraction of sp³-hybridized carbons (Fsp3) is 0.538. The zero-order valence-corrected chi connectivity index (χ0v) is 22.1. The van der Waals surface area contributed by atoms with Crippen LogP contribution in [0.3, 0.4) is 0 Å². The number of hydrogen-bond donors (Lipinski definition) is 2. The molecule has 2 N–H and O–H groups in total. The van der Waals surface area contributed by atoms with Crippen molar-refractivity contribution in [3.05, 3.63) is 30.0 Å². The maximum Gasteiger partial charge on any atom is 0.251 e. The summed E-state index contributed by atoms with van der Waals surface area (Å²) in [6.07, 6.45) is 3.96. The lowest BCUT2D eigenvalue weighted by molar-refractivity contribution is -0.118. The van der Waals surface area contributed by atoms with Crippen LogP contribution >= 0.6 is 0 Å². The van der Waals surface area contributed by atoms with Crippen LogP contribution in [0.1, 0.15) is 50.4 Å². The molecule has 1 aromatic carbocycles. The van der Waals surface area contributed by atoms with Gasteiger partial charge < -0.3 is 30.1 Å². The molecule has 0 spiro atoms. The first kappa shape index (κ1) is 25.7. The predicted octanol–water partition coefficient (Wildman–Crippen LogP) is 3.02. The van der Waals surface area contributed by atoms with E-state index < -0.39 is 0 Å². The number of carbonyl (C=O) groups excluding carboxylic acids is 2. The average Bonchev–Trinajstić information content (AvgIpc) is 2.96. The van der Waals surface area contributed by atoms with E-state index in [1.54, 1.807) is 43.5 Å². The molecule has 194 valence electrons. The third-order valence-corrected chi connectivity index (χ3v) is 6.86. The van der Waals surface area contributed by atoms with Crippen molar-refractivity contribution in [1.29, 1.82) is 0 Å². The van der Waals surface area contributed by atoms with Crippen LogP contribution in [0.5, 0.6) is 5.75 Å². The highest BCUT2D eigenvalue weighted by Gasteiger charge is 2.32. The molecule has 0 saturated carbocycles. The van der Waals surface area contributed by atoms with E-state index in [2.05, 4.69) is 53.2 Å². The maximum atomic E-state index is 12.8. The minimum atomic E-state index is -0.230. The van der Waals surface area contributed by atoms with Gasteiger partial charge in [0.05, 0.1) is 19.0 Å². The summed E-state index contributed by atoms with van der Waals surface area (Å²) in [6, 6.07) is 5.48. The molecule has 10 heteroatoms. The lowest BCUT2D eigenvalue weighted by atomic mass is 10.0. The predicted molar refractivity (Wildman–Crippen MR) is 141 cm³/mol. The molecule has 0 bridgehead atoms. The average molecular weight is 496 g/mol. The number of amides is 2. The Kier molecular flexibility index (Phi) is 7.35. The fourth-order valence-electron chi connectivity index (χ4n) is 4.61. The number of methoxy groups -OCH3 is 1. The van der Waals surface area contributed by atoms with Gasteiger partial charge in [0.15, 0.2) is 5.82 Å². The van der Waals surface area contributed by atoms with Crippen LogP contribution in [0.2, 0.25) is 0 Å². The molecule has 0 unspecified atom stereocenters. The SMILES string of the molecule is COc1cc(C(=O)NC2CCN(C)CC2)ccc1Nc1ncc2c(n1)N(C(C)(C)C)CCC(=O)N2C. The van der Waals surface area contributed by atoms with Gasteiger partial charge >= 0.3 is 0 Å². The Bertz CT molecular complexity index is 1120. The van der Waals surface area contributed by atoms with Gasteiger partial charge in [-0.2, -0.15) is 4.98 Å². The number of nitrogens with one attached hydrogen (secondary N) is 2. The van der Waals surface area contributed by atoms with Gasteiger partial charge in [0, 0.05) is 37.2 Å². The highest BCUT2D eigenvalue weighted by molar-refractivity contribution is 5.97. The molecular formula is C26H37N7O3. The smallest absolute Gasteiger partial charge is 0.251 e. The molecule has 1 fully saturated rings. The number of rotatable bonds is 5. The van der Waals surface area contributed by atoms with Gasteiger partial charge in [-0.1, -0.05) is 0 Å². The normalized spacial score (nSPS) is 17.4. The van der Waals surface area contributed by atoms with Crippen LogP contribution in [0.15, 0.2) is 24.4 Å². The number of nitrogens with zero attached hydrogens (tertiary/aromatic N) is 5. The largest absolute Gasteiger partial charge is 0.495 e. The zero-order valence-electron chi connectivity index (χ0n) is 22.1. The van der Waals surface area contributed by atoms with Crippen LogP contribution in [-0.4, -0.2) is 79.1 Å². The second kappa shape index (κ2) is 10.3. The quantitative estimate of drug-likeness (QED) is 0.653. The van der Waals surface area contributed by atoms with Crippen molar-refractivity contribution in [2.24, 2.45) is 0 Å². The number of aromatic nitrogens is 2.